The minimum Gasteiger partial charge on any atom is -0.510 e. The Bertz CT molecular complexity index is 944. The molecule has 0 spiro atoms. The van der Waals surface area contributed by atoms with E-state index in [0.717, 1.165) is 23.0 Å². The number of methoxy groups -OCH3 is 1. The molecule has 150 valence electrons. The number of carbonyl (C=O) groups is 2. The van der Waals surface area contributed by atoms with E-state index in [1.807, 2.05) is 60.7 Å². The fraction of sp³-hybridized carbons (Fsp3) is 0.227. The minimum atomic E-state index is -0.951. The molecule has 0 aromatic heterocycles. The van der Waals surface area contributed by atoms with Crippen LogP contribution in [-0.2, 0) is 14.3 Å². The van der Waals surface area contributed by atoms with E-state index in [1.165, 1.54) is 7.11 Å². The lowest BCUT2D eigenvalue weighted by Crippen LogP contribution is -2.33. The van der Waals surface area contributed by atoms with Crippen molar-refractivity contribution in [3.63, 3.8) is 0 Å². The van der Waals surface area contributed by atoms with Gasteiger partial charge < -0.3 is 14.7 Å². The van der Waals surface area contributed by atoms with Gasteiger partial charge in [0.15, 0.2) is 5.78 Å². The van der Waals surface area contributed by atoms with Crippen LogP contribution in [0.4, 0.5) is 5.69 Å². The van der Waals surface area contributed by atoms with E-state index in [9.17, 15) is 14.7 Å². The number of esters is 1. The zero-order chi connectivity index (χ0) is 21.0. The van der Waals surface area contributed by atoms with Gasteiger partial charge in [0.25, 0.3) is 0 Å². The number of aliphatic hydroxyl groups is 1. The number of hydrogen-bond donors (Lipinski definition) is 1. The number of thiocarbonyl (C=S) groups is 1. The van der Waals surface area contributed by atoms with Gasteiger partial charge in [-0.2, -0.15) is 0 Å². The van der Waals surface area contributed by atoms with Gasteiger partial charge in [0, 0.05) is 25.1 Å². The molecule has 1 aliphatic carbocycles. The largest absolute Gasteiger partial charge is 0.510 e. The molecular weight excluding hydrogens is 406 g/mol. The van der Waals surface area contributed by atoms with Crippen LogP contribution < -0.4 is 4.90 Å². The van der Waals surface area contributed by atoms with Crippen molar-refractivity contribution in [2.45, 2.75) is 12.3 Å². The Morgan fingerprint density at radius 3 is 2.31 bits per heavy atom. The number of hydrogen-bond acceptors (Lipinski definition) is 6. The monoisotopic (exact) mass is 427 g/mol. The van der Waals surface area contributed by atoms with Crippen molar-refractivity contribution in [2.75, 3.05) is 19.1 Å². The van der Waals surface area contributed by atoms with E-state index in [1.54, 1.807) is 11.9 Å². The third kappa shape index (κ3) is 4.52. The Balaban J connectivity index is 1.92. The van der Waals surface area contributed by atoms with E-state index in [4.69, 9.17) is 17.0 Å². The third-order valence-corrected chi connectivity index (χ3v) is 6.49. The molecular formula is C22H21NO4S2. The maximum absolute atomic E-state index is 12.9. The van der Waals surface area contributed by atoms with Crippen molar-refractivity contribution >= 4 is 45.7 Å². The van der Waals surface area contributed by atoms with Crippen molar-refractivity contribution in [2.24, 2.45) is 5.92 Å². The molecule has 2 aromatic carbocycles. The van der Waals surface area contributed by atoms with E-state index in [2.05, 4.69) is 0 Å². The first-order valence-corrected chi connectivity index (χ1v) is 10.3. The van der Waals surface area contributed by atoms with Gasteiger partial charge in [0.1, 0.15) is 16.0 Å². The highest BCUT2D eigenvalue weighted by Crippen LogP contribution is 2.43. The zero-order valence-electron chi connectivity index (χ0n) is 16.1. The Kier molecular flexibility index (Phi) is 6.71. The second-order valence-electron chi connectivity index (χ2n) is 6.62. The number of thioether (sulfide) groups is 1. The van der Waals surface area contributed by atoms with Gasteiger partial charge in [-0.25, -0.2) is 0 Å². The second-order valence-corrected chi connectivity index (χ2v) is 8.27. The van der Waals surface area contributed by atoms with Crippen LogP contribution >= 0.6 is 24.0 Å². The summed E-state index contributed by atoms with van der Waals surface area (Å²) in [6.07, 6.45) is 0.0911. The quantitative estimate of drug-likeness (QED) is 0.571. The first-order chi connectivity index (χ1) is 13.9. The Morgan fingerprint density at radius 2 is 1.72 bits per heavy atom. The minimum absolute atomic E-state index is 0.0911. The molecule has 3 rings (SSSR count). The topological polar surface area (TPSA) is 66.8 Å². The average Bonchev–Trinajstić information content (AvgIpc) is 2.76. The number of para-hydroxylation sites is 1. The van der Waals surface area contributed by atoms with E-state index >= 15 is 0 Å². The molecule has 0 aliphatic heterocycles. The number of benzene rings is 2. The summed E-state index contributed by atoms with van der Waals surface area (Å²) in [4.78, 5) is 27.2. The molecule has 7 heteroatoms. The average molecular weight is 428 g/mol. The van der Waals surface area contributed by atoms with E-state index < -0.39 is 17.8 Å². The van der Waals surface area contributed by atoms with Gasteiger partial charge in [-0.3, -0.25) is 9.59 Å². The molecule has 0 saturated heterocycles. The van der Waals surface area contributed by atoms with Crippen LogP contribution in [0.15, 0.2) is 71.3 Å². The Hall–Kier alpha value is -2.64. The lowest BCUT2D eigenvalue weighted by atomic mass is 9.77. The number of ether oxygens (including phenoxy) is 1. The zero-order valence-corrected chi connectivity index (χ0v) is 17.7. The smallest absolute Gasteiger partial charge is 0.317 e. The number of ketones is 1. The Morgan fingerprint density at radius 1 is 1.14 bits per heavy atom. The molecule has 2 aromatic rings. The van der Waals surface area contributed by atoms with Gasteiger partial charge in [-0.1, -0.05) is 72.5 Å². The number of aliphatic hydroxyl groups excluding tert-OH is 1. The highest BCUT2D eigenvalue weighted by Gasteiger charge is 2.43. The van der Waals surface area contributed by atoms with E-state index in [-0.39, 0.29) is 22.9 Å². The predicted octanol–water partition coefficient (Wildman–Crippen LogP) is 4.46. The maximum Gasteiger partial charge on any atom is 0.317 e. The Labute approximate surface area is 179 Å². The predicted molar refractivity (Wildman–Crippen MR) is 119 cm³/mol. The molecule has 29 heavy (non-hydrogen) atoms. The SMILES string of the molecule is COC(=O)C1C(O)=C(SC(=S)N(C)c2ccccc2)C(=O)CC1c1ccccc1. The lowest BCUT2D eigenvalue weighted by Gasteiger charge is -2.31. The summed E-state index contributed by atoms with van der Waals surface area (Å²) in [5.41, 5.74) is 1.66. The van der Waals surface area contributed by atoms with Crippen LogP contribution in [0.5, 0.6) is 0 Å². The summed E-state index contributed by atoms with van der Waals surface area (Å²) >= 11 is 6.47. The first kappa shape index (κ1) is 21.1. The van der Waals surface area contributed by atoms with Crippen LogP contribution in [0.3, 0.4) is 0 Å². The van der Waals surface area contributed by atoms with Crippen molar-refractivity contribution in [3.8, 4) is 0 Å². The number of nitrogens with zero attached hydrogens (tertiary/aromatic N) is 1. The summed E-state index contributed by atoms with van der Waals surface area (Å²) in [6, 6.07) is 18.7. The molecule has 0 bridgehead atoms. The van der Waals surface area contributed by atoms with Crippen LogP contribution in [0.25, 0.3) is 0 Å². The molecule has 0 amide bonds. The van der Waals surface area contributed by atoms with Crippen molar-refractivity contribution in [1.82, 2.24) is 0 Å². The molecule has 1 N–H and O–H groups in total. The van der Waals surface area contributed by atoms with Gasteiger partial charge >= 0.3 is 5.97 Å². The first-order valence-electron chi connectivity index (χ1n) is 9.03. The van der Waals surface area contributed by atoms with Gasteiger partial charge in [0.2, 0.25) is 0 Å². The van der Waals surface area contributed by atoms with Crippen molar-refractivity contribution < 1.29 is 19.4 Å². The second kappa shape index (κ2) is 9.24. The molecule has 0 saturated carbocycles. The van der Waals surface area contributed by atoms with Crippen molar-refractivity contribution in [3.05, 3.63) is 76.9 Å². The van der Waals surface area contributed by atoms with Gasteiger partial charge in [-0.15, -0.1) is 0 Å². The summed E-state index contributed by atoms with van der Waals surface area (Å²) in [7, 11) is 3.06. The fourth-order valence-corrected chi connectivity index (χ4v) is 4.52. The van der Waals surface area contributed by atoms with Crippen LogP contribution in [0.1, 0.15) is 17.9 Å². The number of Topliss-reactive ketones (excluding diaryl/α,β-unsaturated/α-hetero) is 1. The maximum atomic E-state index is 12.9. The summed E-state index contributed by atoms with van der Waals surface area (Å²) in [5, 5.41) is 10.9. The fourth-order valence-electron chi connectivity index (χ4n) is 3.32. The molecule has 5 nitrogen and oxygen atoms in total. The summed E-state index contributed by atoms with van der Waals surface area (Å²) < 4.78 is 5.32. The molecule has 2 atom stereocenters. The molecule has 0 fully saturated rings. The lowest BCUT2D eigenvalue weighted by molar-refractivity contribution is -0.146. The van der Waals surface area contributed by atoms with Crippen LogP contribution in [-0.4, -0.2) is 35.3 Å². The third-order valence-electron chi connectivity index (χ3n) is 4.88. The highest BCUT2D eigenvalue weighted by atomic mass is 32.2. The number of anilines is 1. The molecule has 1 aliphatic rings. The number of carbonyl (C=O) groups excluding carboxylic acids is 2. The van der Waals surface area contributed by atoms with Gasteiger partial charge in [-0.05, 0) is 17.7 Å². The van der Waals surface area contributed by atoms with Crippen LogP contribution in [0.2, 0.25) is 0 Å². The summed E-state index contributed by atoms with van der Waals surface area (Å²) in [5.74, 6) is -2.54. The van der Waals surface area contributed by atoms with Crippen LogP contribution in [0, 0.1) is 5.92 Å². The standard InChI is InChI=1S/C22H21NO4S2/c1-23(15-11-7-4-8-12-15)22(28)29-20-17(24)13-16(14-9-5-3-6-10-14)18(19(20)25)21(26)27-2/h3-12,16,18,25H,13H2,1-2H3. The number of rotatable bonds is 4. The van der Waals surface area contributed by atoms with Gasteiger partial charge in [0.05, 0.1) is 12.0 Å². The van der Waals surface area contributed by atoms with Crippen molar-refractivity contribution in [1.29, 1.82) is 0 Å². The number of allylic oxidation sites excluding steroid dienone is 1. The van der Waals surface area contributed by atoms with E-state index in [0.29, 0.717) is 4.32 Å². The molecule has 0 radical (unpaired) electrons. The summed E-state index contributed by atoms with van der Waals surface area (Å²) in [6.45, 7) is 0. The highest BCUT2D eigenvalue weighted by molar-refractivity contribution is 8.26. The normalized spacial score (nSPS) is 19.0. The molecule has 0 heterocycles. The molecule has 2 unspecified atom stereocenters.